The molecule has 1 nitrogen and oxygen atoms in total. The number of ether oxygens (including phenoxy) is 1. The lowest BCUT2D eigenvalue weighted by atomic mass is 9.77. The van der Waals surface area contributed by atoms with Gasteiger partial charge in [-0.15, -0.1) is 0 Å². The van der Waals surface area contributed by atoms with E-state index in [2.05, 4.69) is 0 Å². The van der Waals surface area contributed by atoms with E-state index in [0.717, 1.165) is 18.4 Å². The summed E-state index contributed by atoms with van der Waals surface area (Å²) < 4.78 is 41.6. The molecule has 0 N–H and O–H groups in total. The quantitative estimate of drug-likeness (QED) is 0.745. The summed E-state index contributed by atoms with van der Waals surface area (Å²) in [6, 6.07) is 6.98. The summed E-state index contributed by atoms with van der Waals surface area (Å²) in [7, 11) is 0. The monoisotopic (exact) mass is 260 g/mol. The molecule has 0 aliphatic carbocycles. The zero-order chi connectivity index (χ0) is 13.8. The first-order valence-corrected chi connectivity index (χ1v) is 6.11. The fourth-order valence-electron chi connectivity index (χ4n) is 1.88. The Balaban J connectivity index is 2.99. The van der Waals surface area contributed by atoms with Gasteiger partial charge in [-0.2, -0.15) is 13.2 Å². The van der Waals surface area contributed by atoms with Gasteiger partial charge >= 0.3 is 6.18 Å². The minimum atomic E-state index is -4.30. The summed E-state index contributed by atoms with van der Waals surface area (Å²) in [5, 5.41) is 0. The molecule has 102 valence electrons. The second kappa shape index (κ2) is 5.63. The van der Waals surface area contributed by atoms with Crippen molar-refractivity contribution in [2.45, 2.75) is 45.2 Å². The second-order valence-corrected chi connectivity index (χ2v) is 4.67. The molecule has 0 amide bonds. The van der Waals surface area contributed by atoms with E-state index in [1.54, 1.807) is 12.1 Å². The van der Waals surface area contributed by atoms with Crippen molar-refractivity contribution in [3.8, 4) is 5.75 Å². The van der Waals surface area contributed by atoms with E-state index in [1.165, 1.54) is 0 Å². The van der Waals surface area contributed by atoms with Crippen molar-refractivity contribution < 1.29 is 17.9 Å². The number of hydrogen-bond donors (Lipinski definition) is 0. The van der Waals surface area contributed by atoms with Gasteiger partial charge in [0.25, 0.3) is 0 Å². The van der Waals surface area contributed by atoms with Gasteiger partial charge in [-0.1, -0.05) is 39.0 Å². The van der Waals surface area contributed by atoms with Crippen LogP contribution in [0, 0.1) is 0 Å². The minimum absolute atomic E-state index is 0.151. The molecule has 0 saturated carbocycles. The fraction of sp³-hybridized carbons (Fsp3) is 0.571. The van der Waals surface area contributed by atoms with Gasteiger partial charge in [0.1, 0.15) is 5.75 Å². The van der Waals surface area contributed by atoms with Gasteiger partial charge in [0, 0.05) is 5.56 Å². The molecular formula is C14H19F3O. The van der Waals surface area contributed by atoms with Crippen LogP contribution in [0.1, 0.15) is 39.2 Å². The van der Waals surface area contributed by atoms with Crippen LogP contribution in [0.5, 0.6) is 5.75 Å². The van der Waals surface area contributed by atoms with Crippen LogP contribution < -0.4 is 4.74 Å². The summed E-state index contributed by atoms with van der Waals surface area (Å²) in [6.07, 6.45) is -2.59. The van der Waals surface area contributed by atoms with E-state index in [9.17, 15) is 13.2 Å². The van der Waals surface area contributed by atoms with Gasteiger partial charge < -0.3 is 4.74 Å². The molecule has 0 bridgehead atoms. The van der Waals surface area contributed by atoms with Crippen LogP contribution in [0.4, 0.5) is 13.2 Å². The molecule has 0 radical (unpaired) electrons. The maximum absolute atomic E-state index is 12.2. The van der Waals surface area contributed by atoms with Crippen LogP contribution in [0.3, 0.4) is 0 Å². The predicted octanol–water partition coefficient (Wildman–Crippen LogP) is 4.71. The van der Waals surface area contributed by atoms with Crippen LogP contribution in [-0.4, -0.2) is 12.8 Å². The highest BCUT2D eigenvalue weighted by molar-refractivity contribution is 5.39. The van der Waals surface area contributed by atoms with Gasteiger partial charge in [-0.25, -0.2) is 0 Å². The smallest absolute Gasteiger partial charge is 0.422 e. The molecule has 1 aromatic carbocycles. The van der Waals surface area contributed by atoms with Crippen LogP contribution in [0.25, 0.3) is 0 Å². The highest BCUT2D eigenvalue weighted by Gasteiger charge is 2.31. The third kappa shape index (κ3) is 3.65. The van der Waals surface area contributed by atoms with E-state index in [0.29, 0.717) is 5.75 Å². The van der Waals surface area contributed by atoms with Gasteiger partial charge in [0.15, 0.2) is 6.61 Å². The maximum Gasteiger partial charge on any atom is 0.422 e. The van der Waals surface area contributed by atoms with E-state index in [4.69, 9.17) is 4.74 Å². The van der Waals surface area contributed by atoms with E-state index >= 15 is 0 Å². The standard InChI is InChI=1S/C14H19F3O/c1-4-13(3,5-2)11-8-6-7-9-12(11)18-10-14(15,16)17/h6-9H,4-5,10H2,1-3H3. The molecule has 0 atom stereocenters. The van der Waals surface area contributed by atoms with Crippen molar-refractivity contribution in [2.75, 3.05) is 6.61 Å². The van der Waals surface area contributed by atoms with Crippen molar-refractivity contribution in [1.29, 1.82) is 0 Å². The molecule has 0 aromatic heterocycles. The third-order valence-corrected chi connectivity index (χ3v) is 3.49. The number of alkyl halides is 3. The van der Waals surface area contributed by atoms with Crippen molar-refractivity contribution in [2.24, 2.45) is 0 Å². The van der Waals surface area contributed by atoms with E-state index in [1.807, 2.05) is 32.9 Å². The Morgan fingerprint density at radius 3 is 2.11 bits per heavy atom. The third-order valence-electron chi connectivity index (χ3n) is 3.49. The summed E-state index contributed by atoms with van der Waals surface area (Å²) in [5.74, 6) is 0.334. The Hall–Kier alpha value is -1.19. The number of benzene rings is 1. The molecule has 18 heavy (non-hydrogen) atoms. The van der Waals surface area contributed by atoms with Crippen LogP contribution in [0.15, 0.2) is 24.3 Å². The number of halogens is 3. The van der Waals surface area contributed by atoms with Crippen LogP contribution >= 0.6 is 0 Å². The topological polar surface area (TPSA) is 9.23 Å². The molecule has 0 saturated heterocycles. The number of rotatable bonds is 5. The van der Waals surface area contributed by atoms with Crippen LogP contribution in [0.2, 0.25) is 0 Å². The Bertz CT molecular complexity index is 381. The molecular weight excluding hydrogens is 241 g/mol. The van der Waals surface area contributed by atoms with Gasteiger partial charge in [0.2, 0.25) is 0 Å². The van der Waals surface area contributed by atoms with E-state index < -0.39 is 12.8 Å². The van der Waals surface area contributed by atoms with Gasteiger partial charge in [-0.05, 0) is 24.3 Å². The normalized spacial score (nSPS) is 12.6. The van der Waals surface area contributed by atoms with E-state index in [-0.39, 0.29) is 5.41 Å². The second-order valence-electron chi connectivity index (χ2n) is 4.67. The summed E-state index contributed by atoms with van der Waals surface area (Å²) >= 11 is 0. The zero-order valence-corrected chi connectivity index (χ0v) is 11.0. The Labute approximate surface area is 106 Å². The lowest BCUT2D eigenvalue weighted by Gasteiger charge is -2.29. The lowest BCUT2D eigenvalue weighted by molar-refractivity contribution is -0.153. The highest BCUT2D eigenvalue weighted by Crippen LogP contribution is 2.37. The minimum Gasteiger partial charge on any atom is -0.484 e. The van der Waals surface area contributed by atoms with Crippen molar-refractivity contribution in [3.63, 3.8) is 0 Å². The average Bonchev–Trinajstić information content (AvgIpc) is 2.35. The molecule has 0 unspecified atom stereocenters. The van der Waals surface area contributed by atoms with Gasteiger partial charge in [-0.3, -0.25) is 0 Å². The molecule has 0 aliphatic rings. The SMILES string of the molecule is CCC(C)(CC)c1ccccc1OCC(F)(F)F. The molecule has 4 heteroatoms. The Kier molecular flexibility index (Phi) is 4.65. The van der Waals surface area contributed by atoms with Crippen molar-refractivity contribution >= 4 is 0 Å². The first-order valence-electron chi connectivity index (χ1n) is 6.11. The Morgan fingerprint density at radius 2 is 1.61 bits per heavy atom. The number of para-hydroxylation sites is 1. The summed E-state index contributed by atoms with van der Waals surface area (Å²) in [5.41, 5.74) is 0.696. The molecule has 0 aliphatic heterocycles. The van der Waals surface area contributed by atoms with Crippen molar-refractivity contribution in [3.05, 3.63) is 29.8 Å². The number of hydrogen-bond acceptors (Lipinski definition) is 1. The Morgan fingerprint density at radius 1 is 1.06 bits per heavy atom. The maximum atomic E-state index is 12.2. The first kappa shape index (κ1) is 14.9. The summed E-state index contributed by atoms with van der Waals surface area (Å²) in [4.78, 5) is 0. The highest BCUT2D eigenvalue weighted by atomic mass is 19.4. The van der Waals surface area contributed by atoms with Crippen molar-refractivity contribution in [1.82, 2.24) is 0 Å². The predicted molar refractivity (Wildman–Crippen MR) is 65.9 cm³/mol. The first-order chi connectivity index (χ1) is 8.32. The summed E-state index contributed by atoms with van der Waals surface area (Å²) in [6.45, 7) is 4.87. The molecule has 1 rings (SSSR count). The average molecular weight is 260 g/mol. The molecule has 0 heterocycles. The fourth-order valence-corrected chi connectivity index (χ4v) is 1.88. The zero-order valence-electron chi connectivity index (χ0n) is 11.0. The largest absolute Gasteiger partial charge is 0.484 e. The van der Waals surface area contributed by atoms with Crippen LogP contribution in [-0.2, 0) is 5.41 Å². The molecule has 1 aromatic rings. The lowest BCUT2D eigenvalue weighted by Crippen LogP contribution is -2.24. The molecule has 0 spiro atoms. The molecule has 0 fully saturated rings. The van der Waals surface area contributed by atoms with Gasteiger partial charge in [0.05, 0.1) is 0 Å².